The minimum Gasteiger partial charge on any atom is -0.493 e. The summed E-state index contributed by atoms with van der Waals surface area (Å²) >= 11 is 0. The average Bonchev–Trinajstić information content (AvgIpc) is 3.25. The van der Waals surface area contributed by atoms with Crippen molar-refractivity contribution in [3.05, 3.63) is 89.8 Å². The number of imidazole rings is 1. The van der Waals surface area contributed by atoms with Crippen LogP contribution in [0, 0.1) is 0 Å². The Morgan fingerprint density at radius 1 is 0.892 bits per heavy atom. The Balaban J connectivity index is 1.37. The second-order valence-electron chi connectivity index (χ2n) is 10.2. The van der Waals surface area contributed by atoms with E-state index in [4.69, 9.17) is 19.2 Å². The Morgan fingerprint density at radius 2 is 1.68 bits per heavy atom. The largest absolute Gasteiger partial charge is 0.493 e. The van der Waals surface area contributed by atoms with Crippen LogP contribution in [0.5, 0.6) is 17.2 Å². The molecule has 0 spiro atoms. The Bertz CT molecular complexity index is 1330. The summed E-state index contributed by atoms with van der Waals surface area (Å²) in [4.78, 5) is 4.86. The molecule has 0 atom stereocenters. The number of nitrogens with zero attached hydrogens (tertiary/aromatic N) is 2. The van der Waals surface area contributed by atoms with E-state index in [1.54, 1.807) is 7.11 Å². The molecule has 0 aliphatic heterocycles. The Hall–Kier alpha value is -3.73. The molecule has 0 N–H and O–H groups in total. The molecule has 0 fully saturated rings. The molecule has 1 heterocycles. The molecule has 0 aliphatic carbocycles. The van der Waals surface area contributed by atoms with Gasteiger partial charge in [-0.1, -0.05) is 63.3 Å². The number of ether oxygens (including phenoxy) is 3. The molecule has 3 aromatic carbocycles. The van der Waals surface area contributed by atoms with Gasteiger partial charge in [0.05, 0.1) is 24.8 Å². The second kappa shape index (κ2) is 12.0. The first-order valence-corrected chi connectivity index (χ1v) is 13.0. The van der Waals surface area contributed by atoms with E-state index in [0.717, 1.165) is 59.1 Å². The van der Waals surface area contributed by atoms with Crippen molar-refractivity contribution in [3.63, 3.8) is 0 Å². The number of hydrogen-bond acceptors (Lipinski definition) is 4. The number of para-hydroxylation sites is 2. The third kappa shape index (κ3) is 6.73. The Kier molecular flexibility index (Phi) is 8.54. The topological polar surface area (TPSA) is 45.5 Å². The highest BCUT2D eigenvalue weighted by atomic mass is 16.5. The molecule has 0 saturated heterocycles. The fraction of sp³-hybridized carbons (Fsp3) is 0.344. The van der Waals surface area contributed by atoms with Gasteiger partial charge in [-0.25, -0.2) is 4.98 Å². The van der Waals surface area contributed by atoms with Crippen LogP contribution in [-0.2, 0) is 18.6 Å². The normalized spacial score (nSPS) is 11.8. The van der Waals surface area contributed by atoms with Crippen LogP contribution in [0.15, 0.2) is 72.8 Å². The lowest BCUT2D eigenvalue weighted by molar-refractivity contribution is 0.278. The van der Waals surface area contributed by atoms with Gasteiger partial charge in [0, 0.05) is 6.54 Å². The average molecular weight is 499 g/mol. The van der Waals surface area contributed by atoms with Gasteiger partial charge in [-0.15, -0.1) is 0 Å². The van der Waals surface area contributed by atoms with Gasteiger partial charge >= 0.3 is 0 Å². The summed E-state index contributed by atoms with van der Waals surface area (Å²) in [5, 5.41) is 0. The number of aryl methyl sites for hydroxylation is 1. The van der Waals surface area contributed by atoms with Crippen molar-refractivity contribution >= 4 is 17.1 Å². The number of aromatic nitrogens is 2. The Labute approximate surface area is 220 Å². The molecule has 0 radical (unpaired) electrons. The van der Waals surface area contributed by atoms with Crippen molar-refractivity contribution in [2.45, 2.75) is 59.1 Å². The maximum atomic E-state index is 6.14. The summed E-state index contributed by atoms with van der Waals surface area (Å²) in [5.41, 5.74) is 4.63. The quantitative estimate of drug-likeness (QED) is 0.198. The van der Waals surface area contributed by atoms with Crippen molar-refractivity contribution in [1.82, 2.24) is 9.55 Å². The van der Waals surface area contributed by atoms with E-state index < -0.39 is 0 Å². The van der Waals surface area contributed by atoms with Crippen LogP contribution in [0.3, 0.4) is 0 Å². The van der Waals surface area contributed by atoms with Crippen LogP contribution in [0.2, 0.25) is 0 Å². The van der Waals surface area contributed by atoms with Crippen LogP contribution >= 0.6 is 0 Å². The van der Waals surface area contributed by atoms with Gasteiger partial charge < -0.3 is 18.8 Å². The number of unbranched alkanes of at least 4 members (excludes halogenated alkanes) is 1. The number of rotatable bonds is 11. The van der Waals surface area contributed by atoms with Crippen molar-refractivity contribution in [1.29, 1.82) is 0 Å². The highest BCUT2D eigenvalue weighted by molar-refractivity contribution is 5.75. The zero-order valence-electron chi connectivity index (χ0n) is 22.7. The summed E-state index contributed by atoms with van der Waals surface area (Å²) in [6.45, 7) is 10.5. The standard InChI is InChI=1S/C32H38N2O3/c1-6-11-24-14-19-29(30(22-24)35-5)36-21-10-9-20-34-28-13-8-7-12-27(28)33-31(34)23-37-26-17-15-25(16-18-26)32(2,3)4/h6-8,11-19,22H,9-10,20-21,23H2,1-5H3/b11-6+. The monoisotopic (exact) mass is 498 g/mol. The first-order chi connectivity index (χ1) is 17.9. The fourth-order valence-corrected chi connectivity index (χ4v) is 4.34. The number of allylic oxidation sites excluding steroid dienone is 1. The summed E-state index contributed by atoms with van der Waals surface area (Å²) in [7, 11) is 1.67. The molecule has 0 aliphatic rings. The molecule has 0 bridgehead atoms. The molecule has 4 aromatic rings. The van der Waals surface area contributed by atoms with Crippen LogP contribution in [0.1, 0.15) is 57.5 Å². The predicted octanol–water partition coefficient (Wildman–Crippen LogP) is 7.81. The van der Waals surface area contributed by atoms with E-state index in [0.29, 0.717) is 13.2 Å². The molecule has 0 saturated carbocycles. The molecule has 5 nitrogen and oxygen atoms in total. The highest BCUT2D eigenvalue weighted by Crippen LogP contribution is 2.29. The number of methoxy groups -OCH3 is 1. The molecule has 37 heavy (non-hydrogen) atoms. The summed E-state index contributed by atoms with van der Waals surface area (Å²) in [6, 6.07) is 22.6. The maximum absolute atomic E-state index is 6.14. The summed E-state index contributed by atoms with van der Waals surface area (Å²) in [6.07, 6.45) is 5.94. The lowest BCUT2D eigenvalue weighted by atomic mass is 9.87. The second-order valence-corrected chi connectivity index (χ2v) is 10.2. The molecule has 1 aromatic heterocycles. The number of hydrogen-bond donors (Lipinski definition) is 0. The van der Waals surface area contributed by atoms with E-state index in [-0.39, 0.29) is 5.41 Å². The van der Waals surface area contributed by atoms with Gasteiger partial charge in [0.25, 0.3) is 0 Å². The molecular weight excluding hydrogens is 460 g/mol. The lowest BCUT2D eigenvalue weighted by Crippen LogP contribution is -2.11. The SMILES string of the molecule is C/C=C/c1ccc(OCCCCn2c(COc3ccc(C(C)(C)C)cc3)nc3ccccc32)c(OC)c1. The number of fused-ring (bicyclic) bond motifs is 1. The van der Waals surface area contributed by atoms with Crippen molar-refractivity contribution in [2.24, 2.45) is 0 Å². The van der Waals surface area contributed by atoms with Gasteiger partial charge in [-0.2, -0.15) is 0 Å². The molecule has 5 heteroatoms. The zero-order chi connectivity index (χ0) is 26.3. The van der Waals surface area contributed by atoms with Gasteiger partial charge in [0.2, 0.25) is 0 Å². The fourth-order valence-electron chi connectivity index (χ4n) is 4.34. The minimum absolute atomic E-state index is 0.122. The third-order valence-electron chi connectivity index (χ3n) is 6.40. The summed E-state index contributed by atoms with van der Waals surface area (Å²) < 4.78 is 20.0. The van der Waals surface area contributed by atoms with Crippen molar-refractivity contribution < 1.29 is 14.2 Å². The minimum atomic E-state index is 0.122. The van der Waals surface area contributed by atoms with Crippen LogP contribution in [-0.4, -0.2) is 23.3 Å². The maximum Gasteiger partial charge on any atom is 0.161 e. The van der Waals surface area contributed by atoms with Crippen LogP contribution in [0.4, 0.5) is 0 Å². The highest BCUT2D eigenvalue weighted by Gasteiger charge is 2.14. The van der Waals surface area contributed by atoms with Gasteiger partial charge in [0.15, 0.2) is 11.5 Å². The zero-order valence-corrected chi connectivity index (χ0v) is 22.7. The van der Waals surface area contributed by atoms with Gasteiger partial charge in [-0.3, -0.25) is 0 Å². The van der Waals surface area contributed by atoms with Crippen molar-refractivity contribution in [3.8, 4) is 17.2 Å². The van der Waals surface area contributed by atoms with E-state index in [2.05, 4.69) is 55.7 Å². The van der Waals surface area contributed by atoms with Crippen LogP contribution in [0.25, 0.3) is 17.1 Å². The molecule has 194 valence electrons. The smallest absolute Gasteiger partial charge is 0.161 e. The molecule has 4 rings (SSSR count). The Morgan fingerprint density at radius 3 is 2.41 bits per heavy atom. The first-order valence-electron chi connectivity index (χ1n) is 13.0. The molecule has 0 amide bonds. The number of benzene rings is 3. The van der Waals surface area contributed by atoms with E-state index >= 15 is 0 Å². The summed E-state index contributed by atoms with van der Waals surface area (Å²) in [5.74, 6) is 3.32. The first kappa shape index (κ1) is 26.3. The lowest BCUT2D eigenvalue weighted by Gasteiger charge is -2.19. The van der Waals surface area contributed by atoms with E-state index in [1.807, 2.05) is 55.5 Å². The van der Waals surface area contributed by atoms with Crippen LogP contribution < -0.4 is 14.2 Å². The van der Waals surface area contributed by atoms with Crippen molar-refractivity contribution in [2.75, 3.05) is 13.7 Å². The van der Waals surface area contributed by atoms with E-state index in [1.165, 1.54) is 5.56 Å². The molecular formula is C32H38N2O3. The molecule has 0 unspecified atom stereocenters. The van der Waals surface area contributed by atoms with Gasteiger partial charge in [0.1, 0.15) is 18.2 Å². The predicted molar refractivity (Wildman–Crippen MR) is 152 cm³/mol. The third-order valence-corrected chi connectivity index (χ3v) is 6.40. The van der Waals surface area contributed by atoms with Gasteiger partial charge in [-0.05, 0) is 72.7 Å². The van der Waals surface area contributed by atoms with E-state index in [9.17, 15) is 0 Å².